The minimum Gasteiger partial charge on any atom is -0.282 e. The Hall–Kier alpha value is -0.870. The lowest BCUT2D eigenvalue weighted by atomic mass is 10.0. The molecule has 0 atom stereocenters. The number of benzene rings is 1. The first kappa shape index (κ1) is 11.2. The molecule has 0 aromatic heterocycles. The maximum Gasteiger partial charge on any atom is 0.294 e. The zero-order valence-electron chi connectivity index (χ0n) is 8.03. The van der Waals surface area contributed by atoms with Crippen LogP contribution in [0.5, 0.6) is 0 Å². The first-order valence-corrected chi connectivity index (χ1v) is 5.82. The van der Waals surface area contributed by atoms with Crippen LogP contribution in [0.3, 0.4) is 0 Å². The molecular weight excluding hydrogens is 200 g/mol. The Bertz CT molecular complexity index is 421. The Morgan fingerprint density at radius 1 is 1.43 bits per heavy atom. The molecule has 0 aliphatic heterocycles. The van der Waals surface area contributed by atoms with Gasteiger partial charge in [0.25, 0.3) is 10.1 Å². The lowest BCUT2D eigenvalue weighted by molar-refractivity contribution is 0.482. The molecule has 0 spiro atoms. The monoisotopic (exact) mass is 213 g/mol. The van der Waals surface area contributed by atoms with Gasteiger partial charge in [-0.1, -0.05) is 25.5 Å². The molecule has 14 heavy (non-hydrogen) atoms. The number of rotatable bonds is 3. The van der Waals surface area contributed by atoms with Gasteiger partial charge in [-0.25, -0.2) is 0 Å². The molecule has 0 saturated heterocycles. The molecule has 0 bridgehead atoms. The summed E-state index contributed by atoms with van der Waals surface area (Å²) in [6, 6.07) is 4.71. The first-order chi connectivity index (χ1) is 6.46. The fourth-order valence-electron chi connectivity index (χ4n) is 1.39. The number of hydrogen-bond donors (Lipinski definition) is 1. The molecule has 1 N–H and O–H groups in total. The van der Waals surface area contributed by atoms with Gasteiger partial charge in [0.2, 0.25) is 0 Å². The van der Waals surface area contributed by atoms with E-state index in [9.17, 15) is 8.42 Å². The predicted octanol–water partition coefficient (Wildman–Crippen LogP) is 2.07. The lowest BCUT2D eigenvalue weighted by Crippen LogP contribution is -2.04. The smallest absolute Gasteiger partial charge is 0.282 e. The van der Waals surface area contributed by atoms with Crippen LogP contribution in [0.25, 0.3) is 0 Å². The summed E-state index contributed by atoms with van der Waals surface area (Å²) in [7, 11) is -4.12. The van der Waals surface area contributed by atoms with Crippen molar-refractivity contribution in [2.24, 2.45) is 0 Å². The van der Waals surface area contributed by atoms with E-state index in [0.29, 0.717) is 17.5 Å². The Kier molecular flexibility index (Phi) is 3.29. The Morgan fingerprint density at radius 3 is 2.57 bits per heavy atom. The summed E-state index contributed by atoms with van der Waals surface area (Å²) in [6.45, 7) is 5.68. The van der Waals surface area contributed by atoms with Crippen LogP contribution in [0.4, 0.5) is 0 Å². The second-order valence-corrected chi connectivity index (χ2v) is 4.51. The topological polar surface area (TPSA) is 54.4 Å². The van der Waals surface area contributed by atoms with Crippen molar-refractivity contribution in [2.45, 2.75) is 24.7 Å². The standard InChI is InChI=1S/C10H13O3S/c1-3-5-9-8(2)6-4-7-10(9)14(11,12)13/h4,6-7H,2-3,5H2,1H3,(H,11,12,13). The van der Waals surface area contributed by atoms with Gasteiger partial charge in [-0.2, -0.15) is 8.42 Å². The van der Waals surface area contributed by atoms with E-state index < -0.39 is 10.1 Å². The minimum absolute atomic E-state index is 0.0214. The highest BCUT2D eigenvalue weighted by molar-refractivity contribution is 7.85. The van der Waals surface area contributed by atoms with Crippen molar-refractivity contribution in [2.75, 3.05) is 0 Å². The van der Waals surface area contributed by atoms with Gasteiger partial charge in [-0.15, -0.1) is 0 Å². The minimum atomic E-state index is -4.12. The van der Waals surface area contributed by atoms with Crippen LogP contribution in [0.2, 0.25) is 0 Å². The lowest BCUT2D eigenvalue weighted by Gasteiger charge is -2.08. The van der Waals surface area contributed by atoms with E-state index in [-0.39, 0.29) is 4.90 Å². The summed E-state index contributed by atoms with van der Waals surface area (Å²) in [6.07, 6.45) is 1.42. The molecule has 0 fully saturated rings. The molecule has 1 aromatic rings. The highest BCUT2D eigenvalue weighted by Crippen LogP contribution is 2.20. The molecule has 0 heterocycles. The Balaban J connectivity index is 3.36. The van der Waals surface area contributed by atoms with Crippen molar-refractivity contribution in [3.05, 3.63) is 36.2 Å². The van der Waals surface area contributed by atoms with E-state index in [1.165, 1.54) is 6.07 Å². The van der Waals surface area contributed by atoms with E-state index in [1.807, 2.05) is 6.92 Å². The van der Waals surface area contributed by atoms with Gasteiger partial charge in [0.15, 0.2) is 0 Å². The summed E-state index contributed by atoms with van der Waals surface area (Å²) >= 11 is 0. The molecule has 0 aliphatic carbocycles. The van der Waals surface area contributed by atoms with E-state index in [0.717, 1.165) is 6.42 Å². The van der Waals surface area contributed by atoms with Crippen molar-refractivity contribution in [3.8, 4) is 0 Å². The molecule has 0 unspecified atom stereocenters. The average molecular weight is 213 g/mol. The number of hydrogen-bond acceptors (Lipinski definition) is 2. The van der Waals surface area contributed by atoms with Crippen LogP contribution in [-0.4, -0.2) is 13.0 Å². The first-order valence-electron chi connectivity index (χ1n) is 4.38. The van der Waals surface area contributed by atoms with E-state index in [4.69, 9.17) is 4.55 Å². The van der Waals surface area contributed by atoms with Crippen molar-refractivity contribution >= 4 is 10.1 Å². The van der Waals surface area contributed by atoms with Gasteiger partial charge >= 0.3 is 0 Å². The highest BCUT2D eigenvalue weighted by Gasteiger charge is 2.15. The van der Waals surface area contributed by atoms with Gasteiger partial charge in [0.05, 0.1) is 4.90 Å². The normalized spacial score (nSPS) is 11.6. The SMILES string of the molecule is [CH2]c1cccc(S(=O)(=O)O)c1CCC. The second-order valence-electron chi connectivity index (χ2n) is 3.12. The second kappa shape index (κ2) is 4.11. The van der Waals surface area contributed by atoms with E-state index >= 15 is 0 Å². The van der Waals surface area contributed by atoms with Crippen molar-refractivity contribution in [1.29, 1.82) is 0 Å². The summed E-state index contributed by atoms with van der Waals surface area (Å²) < 4.78 is 31.0. The van der Waals surface area contributed by atoms with Crippen LogP contribution < -0.4 is 0 Å². The quantitative estimate of drug-likeness (QED) is 0.782. The van der Waals surface area contributed by atoms with Crippen LogP contribution in [0.15, 0.2) is 23.1 Å². The fourth-order valence-corrected chi connectivity index (χ4v) is 2.18. The molecule has 3 nitrogen and oxygen atoms in total. The Morgan fingerprint density at radius 2 is 2.07 bits per heavy atom. The third kappa shape index (κ3) is 2.33. The zero-order chi connectivity index (χ0) is 10.8. The molecule has 77 valence electrons. The van der Waals surface area contributed by atoms with E-state index in [2.05, 4.69) is 6.92 Å². The molecule has 0 amide bonds. The van der Waals surface area contributed by atoms with Crippen LogP contribution >= 0.6 is 0 Å². The molecular formula is C10H13O3S. The molecule has 0 aliphatic rings. The molecule has 1 rings (SSSR count). The van der Waals surface area contributed by atoms with Gasteiger partial charge in [0, 0.05) is 0 Å². The molecule has 1 radical (unpaired) electrons. The van der Waals surface area contributed by atoms with Gasteiger partial charge in [0.1, 0.15) is 0 Å². The Labute approximate surface area is 84.5 Å². The average Bonchev–Trinajstić information content (AvgIpc) is 2.07. The van der Waals surface area contributed by atoms with E-state index in [1.54, 1.807) is 12.1 Å². The maximum atomic E-state index is 11.0. The van der Waals surface area contributed by atoms with Crippen molar-refractivity contribution < 1.29 is 13.0 Å². The fraction of sp³-hybridized carbons (Fsp3) is 0.300. The third-order valence-corrected chi connectivity index (χ3v) is 2.95. The summed E-state index contributed by atoms with van der Waals surface area (Å²) in [5.41, 5.74) is 1.26. The van der Waals surface area contributed by atoms with Crippen LogP contribution in [-0.2, 0) is 16.5 Å². The van der Waals surface area contributed by atoms with Crippen molar-refractivity contribution in [3.63, 3.8) is 0 Å². The largest absolute Gasteiger partial charge is 0.294 e. The van der Waals surface area contributed by atoms with Gasteiger partial charge < -0.3 is 0 Å². The van der Waals surface area contributed by atoms with Gasteiger partial charge in [-0.05, 0) is 30.5 Å². The molecule has 4 heteroatoms. The summed E-state index contributed by atoms with van der Waals surface area (Å²) in [5.74, 6) is 0. The van der Waals surface area contributed by atoms with Crippen molar-refractivity contribution in [1.82, 2.24) is 0 Å². The zero-order valence-corrected chi connectivity index (χ0v) is 8.84. The summed E-state index contributed by atoms with van der Waals surface area (Å²) in [5, 5.41) is 0. The highest BCUT2D eigenvalue weighted by atomic mass is 32.2. The molecule has 0 saturated carbocycles. The van der Waals surface area contributed by atoms with Crippen LogP contribution in [0.1, 0.15) is 24.5 Å². The summed E-state index contributed by atoms with van der Waals surface area (Å²) in [4.78, 5) is -0.0214. The van der Waals surface area contributed by atoms with Crippen LogP contribution in [0, 0.1) is 6.92 Å². The molecule has 1 aromatic carbocycles. The third-order valence-electron chi connectivity index (χ3n) is 2.01. The van der Waals surface area contributed by atoms with Gasteiger partial charge in [-0.3, -0.25) is 4.55 Å². The predicted molar refractivity (Wildman–Crippen MR) is 54.7 cm³/mol. The maximum absolute atomic E-state index is 11.0.